The van der Waals surface area contributed by atoms with Crippen molar-refractivity contribution in [3.63, 3.8) is 0 Å². The van der Waals surface area contributed by atoms with Gasteiger partial charge in [-0.25, -0.2) is 0 Å². The lowest BCUT2D eigenvalue weighted by Gasteiger charge is -2.36. The monoisotopic (exact) mass is 310 g/mol. The quantitative estimate of drug-likeness (QED) is 0.594. The third-order valence-electron chi connectivity index (χ3n) is 4.51. The number of likely N-dealkylation sites (tertiary alicyclic amines) is 1. The molecule has 0 aromatic rings. The van der Waals surface area contributed by atoms with Gasteiger partial charge >= 0.3 is 0 Å². The van der Waals surface area contributed by atoms with Gasteiger partial charge in [0.05, 0.1) is 6.07 Å². The number of piperidine rings is 1. The predicted octanol–water partition coefficient (Wildman–Crippen LogP) is 4.37. The minimum absolute atomic E-state index is 0.254. The van der Waals surface area contributed by atoms with E-state index in [9.17, 15) is 10.1 Å². The molecule has 0 spiro atoms. The van der Waals surface area contributed by atoms with Crippen LogP contribution in [-0.2, 0) is 4.79 Å². The fraction of sp³-hybridized carbons (Fsp3) is 0.882. The second-order valence-corrected chi connectivity index (χ2v) is 7.25. The van der Waals surface area contributed by atoms with Gasteiger partial charge in [-0.05, 0) is 25.5 Å². The molecule has 1 rings (SSSR count). The largest absolute Gasteiger partial charge is 0.343 e. The number of carbonyl (C=O) groups is 1. The van der Waals surface area contributed by atoms with Crippen LogP contribution in [0.1, 0.15) is 71.1 Å². The second-order valence-electron chi connectivity index (χ2n) is 6.06. The van der Waals surface area contributed by atoms with Gasteiger partial charge in [-0.15, -0.1) is 11.8 Å². The van der Waals surface area contributed by atoms with Crippen molar-refractivity contribution in [1.29, 1.82) is 5.26 Å². The summed E-state index contributed by atoms with van der Waals surface area (Å²) < 4.78 is -0.254. The van der Waals surface area contributed by atoms with E-state index >= 15 is 0 Å². The minimum Gasteiger partial charge on any atom is -0.343 e. The first-order chi connectivity index (χ1) is 10.2. The molecule has 0 bridgehead atoms. The Morgan fingerprint density at radius 3 is 2.24 bits per heavy atom. The van der Waals surface area contributed by atoms with Crippen molar-refractivity contribution in [2.45, 2.75) is 75.9 Å². The van der Waals surface area contributed by atoms with Gasteiger partial charge in [0.1, 0.15) is 4.75 Å². The van der Waals surface area contributed by atoms with Crippen LogP contribution in [0.5, 0.6) is 0 Å². The molecule has 0 unspecified atom stereocenters. The first-order valence-electron chi connectivity index (χ1n) is 8.41. The maximum Gasteiger partial charge on any atom is 0.222 e. The highest BCUT2D eigenvalue weighted by molar-refractivity contribution is 8.00. The second kappa shape index (κ2) is 10.1. The number of hydrogen-bond donors (Lipinski definition) is 0. The van der Waals surface area contributed by atoms with Crippen LogP contribution in [0.3, 0.4) is 0 Å². The smallest absolute Gasteiger partial charge is 0.222 e. The fourth-order valence-electron chi connectivity index (χ4n) is 2.87. The lowest BCUT2D eigenvalue weighted by atomic mass is 9.97. The van der Waals surface area contributed by atoms with E-state index in [4.69, 9.17) is 0 Å². The molecule has 1 aliphatic heterocycles. The Kier molecular flexibility index (Phi) is 8.84. The van der Waals surface area contributed by atoms with Crippen molar-refractivity contribution in [2.24, 2.45) is 0 Å². The van der Waals surface area contributed by atoms with Crippen LogP contribution in [0.15, 0.2) is 0 Å². The van der Waals surface area contributed by atoms with Crippen LogP contribution in [-0.4, -0.2) is 34.9 Å². The molecular formula is C17H30N2OS. The molecule has 0 aliphatic carbocycles. The molecule has 1 amide bonds. The molecule has 0 aromatic carbocycles. The fourth-order valence-corrected chi connectivity index (χ4v) is 3.55. The summed E-state index contributed by atoms with van der Waals surface area (Å²) in [6, 6.07) is 2.43. The minimum atomic E-state index is -0.254. The van der Waals surface area contributed by atoms with Gasteiger partial charge in [0.25, 0.3) is 0 Å². The number of rotatable bonds is 9. The van der Waals surface area contributed by atoms with Crippen LogP contribution >= 0.6 is 11.8 Å². The summed E-state index contributed by atoms with van der Waals surface area (Å²) >= 11 is 1.64. The summed E-state index contributed by atoms with van der Waals surface area (Å²) in [5.41, 5.74) is 0. The van der Waals surface area contributed by atoms with Gasteiger partial charge in [0, 0.05) is 19.5 Å². The number of hydrogen-bond acceptors (Lipinski definition) is 3. The summed E-state index contributed by atoms with van der Waals surface area (Å²) in [6.07, 6.45) is 13.0. The van der Waals surface area contributed by atoms with Gasteiger partial charge in [-0.1, -0.05) is 45.4 Å². The maximum absolute atomic E-state index is 12.2. The van der Waals surface area contributed by atoms with Crippen LogP contribution < -0.4 is 0 Å². The standard InChI is InChI=1S/C17H30N2OS/c1-3-4-5-6-7-8-9-10-16(20)19-13-11-17(15-18,21-2)12-14-19/h3-14H2,1-2H3. The van der Waals surface area contributed by atoms with Crippen molar-refractivity contribution in [2.75, 3.05) is 19.3 Å². The first kappa shape index (κ1) is 18.4. The summed E-state index contributed by atoms with van der Waals surface area (Å²) in [5.74, 6) is 0.288. The number of carbonyl (C=O) groups excluding carboxylic acids is 1. The molecule has 0 aromatic heterocycles. The molecular weight excluding hydrogens is 280 g/mol. The SMILES string of the molecule is CCCCCCCCCC(=O)N1CCC(C#N)(SC)CC1. The molecule has 0 radical (unpaired) electrons. The van der Waals surface area contributed by atoms with Gasteiger partial charge < -0.3 is 4.90 Å². The Hall–Kier alpha value is -0.690. The van der Waals surface area contributed by atoms with Gasteiger partial charge in [-0.2, -0.15) is 5.26 Å². The molecule has 0 N–H and O–H groups in total. The van der Waals surface area contributed by atoms with E-state index in [1.807, 2.05) is 11.2 Å². The molecule has 4 heteroatoms. The molecule has 3 nitrogen and oxygen atoms in total. The van der Waals surface area contributed by atoms with Crippen molar-refractivity contribution >= 4 is 17.7 Å². The maximum atomic E-state index is 12.2. The summed E-state index contributed by atoms with van der Waals surface area (Å²) in [7, 11) is 0. The Bertz CT molecular complexity index is 343. The van der Waals surface area contributed by atoms with Crippen LogP contribution in [0.4, 0.5) is 0 Å². The molecule has 1 saturated heterocycles. The van der Waals surface area contributed by atoms with E-state index in [1.54, 1.807) is 11.8 Å². The first-order valence-corrected chi connectivity index (χ1v) is 9.64. The molecule has 120 valence electrons. The van der Waals surface area contributed by atoms with Crippen molar-refractivity contribution < 1.29 is 4.79 Å². The zero-order valence-corrected chi connectivity index (χ0v) is 14.5. The Morgan fingerprint density at radius 1 is 1.14 bits per heavy atom. The molecule has 0 atom stereocenters. The highest BCUT2D eigenvalue weighted by Gasteiger charge is 2.35. The Labute approximate surface area is 134 Å². The van der Waals surface area contributed by atoms with Gasteiger partial charge in [0.15, 0.2) is 0 Å². The van der Waals surface area contributed by atoms with Crippen LogP contribution in [0, 0.1) is 11.3 Å². The lowest BCUT2D eigenvalue weighted by Crippen LogP contribution is -2.44. The number of thioether (sulfide) groups is 1. The highest BCUT2D eigenvalue weighted by Crippen LogP contribution is 2.33. The molecule has 0 saturated carbocycles. The summed E-state index contributed by atoms with van der Waals surface area (Å²) in [5, 5.41) is 9.25. The predicted molar refractivity (Wildman–Crippen MR) is 90.3 cm³/mol. The van der Waals surface area contributed by atoms with E-state index < -0.39 is 0 Å². The molecule has 21 heavy (non-hydrogen) atoms. The normalized spacial score (nSPS) is 17.5. The van der Waals surface area contributed by atoms with E-state index in [0.29, 0.717) is 6.42 Å². The van der Waals surface area contributed by atoms with Crippen molar-refractivity contribution in [3.8, 4) is 6.07 Å². The zero-order chi connectivity index (χ0) is 15.6. The van der Waals surface area contributed by atoms with Gasteiger partial charge in [-0.3, -0.25) is 4.79 Å². The van der Waals surface area contributed by atoms with Crippen molar-refractivity contribution in [1.82, 2.24) is 4.90 Å². The molecule has 1 heterocycles. The van der Waals surface area contributed by atoms with E-state index in [0.717, 1.165) is 32.4 Å². The number of nitriles is 1. The van der Waals surface area contributed by atoms with E-state index in [2.05, 4.69) is 13.0 Å². The third-order valence-corrected chi connectivity index (χ3v) is 5.79. The van der Waals surface area contributed by atoms with Crippen molar-refractivity contribution in [3.05, 3.63) is 0 Å². The number of amides is 1. The lowest BCUT2D eigenvalue weighted by molar-refractivity contribution is -0.132. The van der Waals surface area contributed by atoms with E-state index in [1.165, 1.54) is 38.5 Å². The van der Waals surface area contributed by atoms with Crippen LogP contribution in [0.25, 0.3) is 0 Å². The third kappa shape index (κ3) is 6.30. The van der Waals surface area contributed by atoms with Gasteiger partial charge in [0.2, 0.25) is 5.91 Å². The molecule has 1 aliphatic rings. The average molecular weight is 311 g/mol. The summed E-state index contributed by atoms with van der Waals surface area (Å²) in [4.78, 5) is 14.1. The van der Waals surface area contributed by atoms with Crippen LogP contribution in [0.2, 0.25) is 0 Å². The van der Waals surface area contributed by atoms with E-state index in [-0.39, 0.29) is 10.7 Å². The molecule has 1 fully saturated rings. The Morgan fingerprint density at radius 2 is 1.71 bits per heavy atom. The Balaban J connectivity index is 2.13. The summed E-state index contributed by atoms with van der Waals surface area (Å²) in [6.45, 7) is 3.74. The highest BCUT2D eigenvalue weighted by atomic mass is 32.2. The topological polar surface area (TPSA) is 44.1 Å². The average Bonchev–Trinajstić information content (AvgIpc) is 2.54. The number of unbranched alkanes of at least 4 members (excludes halogenated alkanes) is 6. The number of nitrogens with zero attached hydrogens (tertiary/aromatic N) is 2. The zero-order valence-electron chi connectivity index (χ0n) is 13.7.